The molecule has 198 valence electrons. The summed E-state index contributed by atoms with van der Waals surface area (Å²) in [5.41, 5.74) is -8.32. The van der Waals surface area contributed by atoms with Crippen molar-refractivity contribution >= 4 is 39.1 Å². The van der Waals surface area contributed by atoms with Gasteiger partial charge in [0.25, 0.3) is 11.8 Å². The van der Waals surface area contributed by atoms with Crippen LogP contribution in [0, 0.1) is 13.8 Å². The van der Waals surface area contributed by atoms with Gasteiger partial charge in [0.15, 0.2) is 10.4 Å². The number of alkyl halides is 7. The first-order valence-electron chi connectivity index (χ1n) is 10.1. The van der Waals surface area contributed by atoms with Crippen LogP contribution in [0.5, 0.6) is 5.75 Å². The molecule has 2 aromatic carbocycles. The number of rotatable bonds is 5. The smallest absolute Gasteiger partial charge is 0.435 e. The molecular weight excluding hydrogens is 581 g/mol. The maximum absolute atomic E-state index is 14.5. The van der Waals surface area contributed by atoms with Gasteiger partial charge in [0.05, 0.1) is 5.69 Å². The maximum Gasteiger partial charge on any atom is 0.435 e. The summed E-state index contributed by atoms with van der Waals surface area (Å²) in [6.45, 7) is 2.20. The third-order valence-corrected chi connectivity index (χ3v) is 5.68. The molecule has 0 aliphatic heterocycles. The van der Waals surface area contributed by atoms with Crippen molar-refractivity contribution in [1.82, 2.24) is 0 Å². The average molecular weight is 597 g/mol. The van der Waals surface area contributed by atoms with Crippen LogP contribution in [0.1, 0.15) is 37.6 Å². The number of carbonyl (C=O) groups excluding carboxylic acids is 2. The summed E-state index contributed by atoms with van der Waals surface area (Å²) in [5, 5.41) is 14.7. The van der Waals surface area contributed by atoms with Crippen LogP contribution < -0.4 is 10.6 Å². The Labute approximate surface area is 212 Å². The molecule has 3 N–H and O–H groups in total. The SMILES string of the molecule is Cc1cc(C(F)(C(F)(F)F)C(F)(F)F)cc(C)c1NC(=O)c1ccc(O)c(NC(=O)c2ccc(Br)o2)c1. The lowest BCUT2D eigenvalue weighted by molar-refractivity contribution is -0.348. The number of amides is 2. The van der Waals surface area contributed by atoms with Crippen LogP contribution in [0.4, 0.5) is 42.1 Å². The first-order valence-corrected chi connectivity index (χ1v) is 10.9. The molecule has 0 unspecified atom stereocenters. The molecule has 0 fully saturated rings. The molecule has 3 rings (SSSR count). The largest absolute Gasteiger partial charge is 0.506 e. The topological polar surface area (TPSA) is 91.6 Å². The number of anilines is 2. The number of halogens is 8. The summed E-state index contributed by atoms with van der Waals surface area (Å²) >= 11 is 3.03. The second kappa shape index (κ2) is 9.72. The molecule has 0 bridgehead atoms. The van der Waals surface area contributed by atoms with Gasteiger partial charge >= 0.3 is 18.0 Å². The zero-order valence-corrected chi connectivity index (χ0v) is 20.3. The molecule has 6 nitrogen and oxygen atoms in total. The Morgan fingerprint density at radius 1 is 0.838 bits per heavy atom. The second-order valence-corrected chi connectivity index (χ2v) is 8.66. The number of aryl methyl sites for hydroxylation is 2. The van der Waals surface area contributed by atoms with Crippen molar-refractivity contribution in [3.63, 3.8) is 0 Å². The monoisotopic (exact) mass is 596 g/mol. The van der Waals surface area contributed by atoms with Crippen LogP contribution in [0.15, 0.2) is 51.6 Å². The lowest BCUT2D eigenvalue weighted by Gasteiger charge is -2.31. The van der Waals surface area contributed by atoms with Crippen LogP contribution in [0.2, 0.25) is 0 Å². The molecule has 1 aromatic heterocycles. The Morgan fingerprint density at radius 2 is 1.41 bits per heavy atom. The fourth-order valence-electron chi connectivity index (χ4n) is 3.43. The van der Waals surface area contributed by atoms with Gasteiger partial charge in [-0.15, -0.1) is 0 Å². The van der Waals surface area contributed by atoms with E-state index in [1.54, 1.807) is 0 Å². The normalized spacial score (nSPS) is 12.4. The van der Waals surface area contributed by atoms with E-state index in [2.05, 4.69) is 26.6 Å². The predicted octanol–water partition coefficient (Wildman–Crippen LogP) is 7.16. The molecule has 0 saturated carbocycles. The van der Waals surface area contributed by atoms with E-state index in [0.717, 1.165) is 32.0 Å². The number of carbonyl (C=O) groups is 2. The van der Waals surface area contributed by atoms with Crippen molar-refractivity contribution in [2.24, 2.45) is 0 Å². The molecule has 0 atom stereocenters. The summed E-state index contributed by atoms with van der Waals surface area (Å²) < 4.78 is 98.6. The molecule has 0 spiro atoms. The number of phenolic OH excluding ortho intramolecular Hbond substituents is 1. The van der Waals surface area contributed by atoms with E-state index in [1.165, 1.54) is 12.1 Å². The molecule has 37 heavy (non-hydrogen) atoms. The lowest BCUT2D eigenvalue weighted by atomic mass is 9.90. The minimum atomic E-state index is -6.28. The van der Waals surface area contributed by atoms with Gasteiger partial charge in [-0.1, -0.05) is 12.1 Å². The van der Waals surface area contributed by atoms with E-state index < -0.39 is 41.1 Å². The van der Waals surface area contributed by atoms with E-state index in [-0.39, 0.29) is 38.5 Å². The minimum Gasteiger partial charge on any atom is -0.506 e. The van der Waals surface area contributed by atoms with E-state index in [9.17, 15) is 45.4 Å². The van der Waals surface area contributed by atoms with Crippen LogP contribution in [-0.2, 0) is 5.67 Å². The summed E-state index contributed by atoms with van der Waals surface area (Å²) in [6, 6.07) is 6.82. The Bertz CT molecular complexity index is 1330. The average Bonchev–Trinajstić information content (AvgIpc) is 3.21. The zero-order chi connectivity index (χ0) is 27.9. The predicted molar refractivity (Wildman–Crippen MR) is 121 cm³/mol. The highest BCUT2D eigenvalue weighted by molar-refractivity contribution is 9.10. The van der Waals surface area contributed by atoms with Gasteiger partial charge in [-0.05, 0) is 71.2 Å². The molecule has 0 aliphatic carbocycles. The van der Waals surface area contributed by atoms with Gasteiger partial charge in [-0.2, -0.15) is 26.3 Å². The fourth-order valence-corrected chi connectivity index (χ4v) is 3.74. The van der Waals surface area contributed by atoms with Crippen LogP contribution >= 0.6 is 15.9 Å². The Morgan fingerprint density at radius 3 is 1.89 bits per heavy atom. The van der Waals surface area contributed by atoms with Crippen molar-refractivity contribution in [3.8, 4) is 5.75 Å². The summed E-state index contributed by atoms with van der Waals surface area (Å²) in [5.74, 6) is -2.17. The highest BCUT2D eigenvalue weighted by atomic mass is 79.9. The summed E-state index contributed by atoms with van der Waals surface area (Å²) in [4.78, 5) is 25.0. The van der Waals surface area contributed by atoms with Gasteiger partial charge in [-0.25, -0.2) is 4.39 Å². The molecule has 0 saturated heterocycles. The van der Waals surface area contributed by atoms with Crippen LogP contribution in [0.25, 0.3) is 0 Å². The number of furan rings is 1. The number of aromatic hydroxyl groups is 1. The molecule has 1 heterocycles. The standard InChI is InChI=1S/C23H16BrF7N2O4/c1-10-7-13(21(25,22(26,27)28)23(29,30)31)8-11(2)18(10)33-19(35)12-3-4-15(34)14(9-12)32-20(36)16-5-6-17(24)37-16/h3-9,34H,1-2H3,(H,32,36)(H,33,35). The third-order valence-electron chi connectivity index (χ3n) is 5.25. The van der Waals surface area contributed by atoms with E-state index in [0.29, 0.717) is 12.1 Å². The first kappa shape index (κ1) is 28.0. The van der Waals surface area contributed by atoms with E-state index >= 15 is 0 Å². The van der Waals surface area contributed by atoms with Crippen molar-refractivity contribution < 1.29 is 49.8 Å². The first-order chi connectivity index (χ1) is 17.0. The summed E-state index contributed by atoms with van der Waals surface area (Å²) in [6.07, 6.45) is -12.6. The van der Waals surface area contributed by atoms with Gasteiger partial charge < -0.3 is 20.2 Å². The number of benzene rings is 2. The van der Waals surface area contributed by atoms with Crippen molar-refractivity contribution in [2.45, 2.75) is 31.9 Å². The lowest BCUT2D eigenvalue weighted by Crippen LogP contribution is -2.50. The van der Waals surface area contributed by atoms with Gasteiger partial charge in [0.2, 0.25) is 0 Å². The number of hydrogen-bond donors (Lipinski definition) is 3. The van der Waals surface area contributed by atoms with Crippen molar-refractivity contribution in [1.29, 1.82) is 0 Å². The Kier molecular flexibility index (Phi) is 7.37. The second-order valence-electron chi connectivity index (χ2n) is 7.88. The Balaban J connectivity index is 1.90. The number of phenols is 1. The highest BCUT2D eigenvalue weighted by Crippen LogP contribution is 2.53. The highest BCUT2D eigenvalue weighted by Gasteiger charge is 2.73. The molecule has 0 radical (unpaired) electrons. The van der Waals surface area contributed by atoms with E-state index in [1.807, 2.05) is 0 Å². The van der Waals surface area contributed by atoms with E-state index in [4.69, 9.17) is 4.42 Å². The van der Waals surface area contributed by atoms with Crippen molar-refractivity contribution in [3.05, 3.63) is 75.1 Å². The quantitative estimate of drug-likeness (QED) is 0.215. The molecule has 0 aliphatic rings. The maximum atomic E-state index is 14.5. The minimum absolute atomic E-state index is 0.117. The van der Waals surface area contributed by atoms with Crippen molar-refractivity contribution in [2.75, 3.05) is 10.6 Å². The zero-order valence-electron chi connectivity index (χ0n) is 18.7. The van der Waals surface area contributed by atoms with Crippen LogP contribution in [-0.4, -0.2) is 29.3 Å². The molecular formula is C23H16BrF7N2O4. The van der Waals surface area contributed by atoms with Gasteiger partial charge in [0.1, 0.15) is 5.75 Å². The van der Waals surface area contributed by atoms with Gasteiger partial charge in [0, 0.05) is 16.8 Å². The van der Waals surface area contributed by atoms with Crippen LogP contribution in [0.3, 0.4) is 0 Å². The summed E-state index contributed by atoms with van der Waals surface area (Å²) in [7, 11) is 0. The van der Waals surface area contributed by atoms with Gasteiger partial charge in [-0.3, -0.25) is 9.59 Å². The Hall–Kier alpha value is -3.55. The fraction of sp³-hybridized carbons (Fsp3) is 0.217. The molecule has 14 heteroatoms. The number of hydrogen-bond acceptors (Lipinski definition) is 4. The third kappa shape index (κ3) is 5.43. The molecule has 3 aromatic rings. The molecule has 2 amide bonds. The number of nitrogens with one attached hydrogen (secondary N) is 2.